The number of rotatable bonds is 5. The molecule has 2 atom stereocenters. The highest BCUT2D eigenvalue weighted by Gasteiger charge is 2.26. The van der Waals surface area contributed by atoms with Crippen molar-refractivity contribution in [2.24, 2.45) is 0 Å². The maximum absolute atomic E-state index is 14.2. The molecule has 5 rings (SSSR count). The van der Waals surface area contributed by atoms with Crippen LogP contribution in [0.1, 0.15) is 50.3 Å². The van der Waals surface area contributed by atoms with Crippen LogP contribution in [0, 0.1) is 0 Å². The maximum Gasteiger partial charge on any atom is 0.120 e. The van der Waals surface area contributed by atoms with E-state index in [0.717, 1.165) is 47.0 Å². The second-order valence-electron chi connectivity index (χ2n) is 7.80. The molecule has 2 aliphatic carbocycles. The number of fused-ring (bicyclic) bond motifs is 1. The van der Waals surface area contributed by atoms with Gasteiger partial charge in [0.1, 0.15) is 11.9 Å². The van der Waals surface area contributed by atoms with Gasteiger partial charge < -0.3 is 5.32 Å². The van der Waals surface area contributed by atoms with Crippen LogP contribution >= 0.6 is 0 Å². The fourth-order valence-electron chi connectivity index (χ4n) is 3.99. The zero-order valence-electron chi connectivity index (χ0n) is 15.3. The molecule has 2 aromatic heterocycles. The van der Waals surface area contributed by atoms with Crippen molar-refractivity contribution in [1.82, 2.24) is 25.3 Å². The molecule has 0 bridgehead atoms. The second kappa shape index (κ2) is 6.51. The predicted molar refractivity (Wildman–Crippen MR) is 105 cm³/mol. The normalized spacial score (nSPS) is 22.9. The molecular formula is C21H24FN5. The zero-order chi connectivity index (χ0) is 18.4. The molecule has 2 heterocycles. The lowest BCUT2D eigenvalue weighted by molar-refractivity contribution is 0.203. The minimum atomic E-state index is -0.815. The highest BCUT2D eigenvalue weighted by molar-refractivity contribution is 5.92. The van der Waals surface area contributed by atoms with Crippen molar-refractivity contribution in [3.05, 3.63) is 42.9 Å². The van der Waals surface area contributed by atoms with Gasteiger partial charge in [-0.1, -0.05) is 25.5 Å². The number of alkyl halides is 1. The molecular weight excluding hydrogens is 341 g/mol. The molecule has 0 amide bonds. The summed E-state index contributed by atoms with van der Waals surface area (Å²) in [5.74, 6) is 0. The number of halogens is 1. The first-order chi connectivity index (χ1) is 13.2. The fraction of sp³-hybridized carbons (Fsp3) is 0.429. The molecule has 27 heavy (non-hydrogen) atoms. The van der Waals surface area contributed by atoms with Gasteiger partial charge in [-0.3, -0.25) is 9.78 Å². The van der Waals surface area contributed by atoms with E-state index in [0.29, 0.717) is 18.2 Å². The Labute approximate surface area is 157 Å². The molecule has 1 aromatic carbocycles. The van der Waals surface area contributed by atoms with E-state index >= 15 is 0 Å². The summed E-state index contributed by atoms with van der Waals surface area (Å²) in [6, 6.07) is 6.62. The fourth-order valence-corrected chi connectivity index (χ4v) is 3.99. The zero-order valence-corrected chi connectivity index (χ0v) is 15.3. The van der Waals surface area contributed by atoms with Gasteiger partial charge >= 0.3 is 0 Å². The summed E-state index contributed by atoms with van der Waals surface area (Å²) in [5, 5.41) is 16.3. The number of nitrogens with zero attached hydrogens (tertiary/aromatic N) is 3. The molecule has 2 fully saturated rings. The smallest absolute Gasteiger partial charge is 0.120 e. The highest BCUT2D eigenvalue weighted by atomic mass is 19.1. The number of nitrogens with one attached hydrogen (secondary N) is 2. The summed E-state index contributed by atoms with van der Waals surface area (Å²) >= 11 is 0. The van der Waals surface area contributed by atoms with Crippen molar-refractivity contribution in [2.75, 3.05) is 0 Å². The van der Waals surface area contributed by atoms with Crippen molar-refractivity contribution < 1.29 is 4.39 Å². The van der Waals surface area contributed by atoms with E-state index < -0.39 is 6.17 Å². The van der Waals surface area contributed by atoms with Crippen LogP contribution in [0.2, 0.25) is 0 Å². The van der Waals surface area contributed by atoms with E-state index in [2.05, 4.69) is 50.2 Å². The van der Waals surface area contributed by atoms with Crippen molar-refractivity contribution in [3.8, 4) is 11.1 Å². The Balaban J connectivity index is 1.43. The molecule has 2 saturated carbocycles. The van der Waals surface area contributed by atoms with Gasteiger partial charge in [0.15, 0.2) is 0 Å². The van der Waals surface area contributed by atoms with Gasteiger partial charge in [0.05, 0.1) is 29.5 Å². The number of aromatic nitrogens is 4. The SMILES string of the molecule is C=C(N[C@@H]1CCCCC1F)c1n[nH]c2ccc(-c3cnn(C4CC4)c3)cc12. The van der Waals surface area contributed by atoms with Crippen molar-refractivity contribution in [3.63, 3.8) is 0 Å². The third-order valence-corrected chi connectivity index (χ3v) is 5.75. The summed E-state index contributed by atoms with van der Waals surface area (Å²) in [7, 11) is 0. The largest absolute Gasteiger partial charge is 0.378 e. The summed E-state index contributed by atoms with van der Waals surface area (Å²) in [4.78, 5) is 0. The lowest BCUT2D eigenvalue weighted by atomic mass is 9.93. The first kappa shape index (κ1) is 16.5. The van der Waals surface area contributed by atoms with E-state index in [9.17, 15) is 4.39 Å². The molecule has 0 aliphatic heterocycles. The number of hydrogen-bond donors (Lipinski definition) is 2. The van der Waals surface area contributed by atoms with Crippen molar-refractivity contribution >= 4 is 16.6 Å². The van der Waals surface area contributed by atoms with E-state index in [-0.39, 0.29) is 6.04 Å². The number of aromatic amines is 1. The van der Waals surface area contributed by atoms with E-state index in [1.807, 2.05) is 12.3 Å². The molecule has 2 N–H and O–H groups in total. The van der Waals surface area contributed by atoms with Gasteiger partial charge in [0, 0.05) is 17.1 Å². The average molecular weight is 365 g/mol. The van der Waals surface area contributed by atoms with Crippen molar-refractivity contribution in [2.45, 2.75) is 56.8 Å². The summed E-state index contributed by atoms with van der Waals surface area (Å²) in [6.07, 6.45) is 9.14. The molecule has 140 valence electrons. The minimum Gasteiger partial charge on any atom is -0.378 e. The third-order valence-electron chi connectivity index (χ3n) is 5.75. The molecule has 0 spiro atoms. The second-order valence-corrected chi connectivity index (χ2v) is 7.80. The Hall–Kier alpha value is -2.63. The predicted octanol–water partition coefficient (Wildman–Crippen LogP) is 4.60. The average Bonchev–Trinajstić information content (AvgIpc) is 3.25. The first-order valence-corrected chi connectivity index (χ1v) is 9.81. The van der Waals surface area contributed by atoms with E-state index in [4.69, 9.17) is 0 Å². The lowest BCUT2D eigenvalue weighted by Gasteiger charge is -2.28. The summed E-state index contributed by atoms with van der Waals surface area (Å²) in [5.41, 5.74) is 4.60. The van der Waals surface area contributed by atoms with Crippen molar-refractivity contribution in [1.29, 1.82) is 0 Å². The lowest BCUT2D eigenvalue weighted by Crippen LogP contribution is -2.38. The number of hydrogen-bond acceptors (Lipinski definition) is 3. The molecule has 2 aliphatic rings. The minimum absolute atomic E-state index is 0.169. The number of benzene rings is 1. The van der Waals surface area contributed by atoms with Crippen LogP contribution in [0.25, 0.3) is 27.7 Å². The monoisotopic (exact) mass is 365 g/mol. The van der Waals surface area contributed by atoms with Gasteiger partial charge in [0.2, 0.25) is 0 Å². The third kappa shape index (κ3) is 3.13. The van der Waals surface area contributed by atoms with Gasteiger partial charge in [-0.15, -0.1) is 0 Å². The number of H-pyrrole nitrogens is 1. The van der Waals surface area contributed by atoms with Gasteiger partial charge in [-0.25, -0.2) is 4.39 Å². The maximum atomic E-state index is 14.2. The van der Waals surface area contributed by atoms with Crippen LogP contribution in [-0.2, 0) is 0 Å². The van der Waals surface area contributed by atoms with Crippen LogP contribution in [-0.4, -0.2) is 32.2 Å². The Kier molecular flexibility index (Phi) is 3.99. The highest BCUT2D eigenvalue weighted by Crippen LogP contribution is 2.35. The molecule has 5 nitrogen and oxygen atoms in total. The van der Waals surface area contributed by atoms with E-state index in [1.165, 1.54) is 12.8 Å². The van der Waals surface area contributed by atoms with Crippen LogP contribution in [0.3, 0.4) is 0 Å². The summed E-state index contributed by atoms with van der Waals surface area (Å²) < 4.78 is 16.2. The Morgan fingerprint density at radius 1 is 1.19 bits per heavy atom. The quantitative estimate of drug-likeness (QED) is 0.695. The van der Waals surface area contributed by atoms with Gasteiger partial charge in [0.25, 0.3) is 0 Å². The van der Waals surface area contributed by atoms with Crippen LogP contribution in [0.15, 0.2) is 37.2 Å². The van der Waals surface area contributed by atoms with Gasteiger partial charge in [-0.2, -0.15) is 10.2 Å². The molecule has 3 aromatic rings. The van der Waals surface area contributed by atoms with Crippen LogP contribution in [0.4, 0.5) is 4.39 Å². The Bertz CT molecular complexity index is 984. The standard InChI is InChI=1S/C21H24FN5/c1-13(24-20-5-3-2-4-18(20)22)21-17-10-14(6-9-19(17)25-26-21)15-11-23-27(12-15)16-7-8-16/h6,9-12,16,18,20,24H,1-5,7-8H2,(H,25,26)/t18?,20-/m1/s1. The summed E-state index contributed by atoms with van der Waals surface area (Å²) in [6.45, 7) is 4.14. The Morgan fingerprint density at radius 3 is 2.85 bits per heavy atom. The van der Waals surface area contributed by atoms with Crippen LogP contribution < -0.4 is 5.32 Å². The molecule has 0 saturated heterocycles. The van der Waals surface area contributed by atoms with Crippen LogP contribution in [0.5, 0.6) is 0 Å². The Morgan fingerprint density at radius 2 is 2.04 bits per heavy atom. The molecule has 6 heteroatoms. The van der Waals surface area contributed by atoms with E-state index in [1.54, 1.807) is 0 Å². The van der Waals surface area contributed by atoms with Gasteiger partial charge in [-0.05, 0) is 43.4 Å². The molecule has 1 unspecified atom stereocenters. The molecule has 0 radical (unpaired) electrons. The first-order valence-electron chi connectivity index (χ1n) is 9.81. The topological polar surface area (TPSA) is 58.5 Å².